The highest BCUT2D eigenvalue weighted by atomic mass is 16.5. The number of aliphatic hydroxyl groups is 1. The van der Waals surface area contributed by atoms with Gasteiger partial charge in [-0.1, -0.05) is 31.9 Å². The molecular formula is C31H35N3O5. The second kappa shape index (κ2) is 11.8. The van der Waals surface area contributed by atoms with Crippen molar-refractivity contribution in [1.82, 2.24) is 14.5 Å². The third-order valence-corrected chi connectivity index (χ3v) is 7.30. The zero-order chi connectivity index (χ0) is 27.4. The van der Waals surface area contributed by atoms with E-state index in [9.17, 15) is 14.7 Å². The number of hydrogen-bond acceptors (Lipinski definition) is 6. The SMILES string of the molecule is CCCCCOc1ccc([C@@H]2C(=C(O)c3ccc4c(c3)C[C@H](C)O4)C(=O)C(=O)N2CCCn2ccnc2)cc1. The second-order valence-electron chi connectivity index (χ2n) is 10.2. The van der Waals surface area contributed by atoms with Gasteiger partial charge < -0.3 is 24.0 Å². The molecule has 0 spiro atoms. The molecule has 3 heterocycles. The van der Waals surface area contributed by atoms with Crippen LogP contribution < -0.4 is 9.47 Å². The van der Waals surface area contributed by atoms with Crippen LogP contribution in [-0.4, -0.2) is 50.5 Å². The van der Waals surface area contributed by atoms with Gasteiger partial charge in [0.15, 0.2) is 0 Å². The summed E-state index contributed by atoms with van der Waals surface area (Å²) in [6.07, 6.45) is 9.93. The standard InChI is InChI=1S/C31H35N3O5/c1-3-4-5-17-38-25-10-7-22(8-11-25)28-27(29(35)23-9-12-26-24(19-23)18-21(2)39-26)30(36)31(37)34(28)15-6-14-33-16-13-32-20-33/h7-13,16,19-21,28,35H,3-6,14-15,17-18H2,1-2H3/t21-,28+/m0/s1. The van der Waals surface area contributed by atoms with Gasteiger partial charge in [-0.25, -0.2) is 4.98 Å². The quantitative estimate of drug-likeness (QED) is 0.157. The second-order valence-corrected chi connectivity index (χ2v) is 10.2. The number of aliphatic hydroxyl groups excluding tert-OH is 1. The monoisotopic (exact) mass is 529 g/mol. The molecule has 2 aromatic carbocycles. The Morgan fingerprint density at radius 1 is 1.10 bits per heavy atom. The van der Waals surface area contributed by atoms with Crippen LogP contribution in [0, 0.1) is 0 Å². The van der Waals surface area contributed by atoms with Gasteiger partial charge in [-0.2, -0.15) is 0 Å². The van der Waals surface area contributed by atoms with Crippen LogP contribution in [0.2, 0.25) is 0 Å². The molecule has 2 aliphatic rings. The average molecular weight is 530 g/mol. The molecule has 0 bridgehead atoms. The van der Waals surface area contributed by atoms with Crippen molar-refractivity contribution in [3.05, 3.63) is 83.4 Å². The smallest absolute Gasteiger partial charge is 0.295 e. The number of carbonyl (C=O) groups excluding carboxylic acids is 2. The fourth-order valence-electron chi connectivity index (χ4n) is 5.31. The summed E-state index contributed by atoms with van der Waals surface area (Å²) in [5, 5.41) is 11.5. The van der Waals surface area contributed by atoms with E-state index in [0.717, 1.165) is 48.3 Å². The topological polar surface area (TPSA) is 93.9 Å². The van der Waals surface area contributed by atoms with Crippen LogP contribution in [0.25, 0.3) is 5.76 Å². The van der Waals surface area contributed by atoms with Gasteiger partial charge in [0.2, 0.25) is 0 Å². The highest BCUT2D eigenvalue weighted by Gasteiger charge is 2.45. The van der Waals surface area contributed by atoms with E-state index < -0.39 is 17.7 Å². The van der Waals surface area contributed by atoms with Gasteiger partial charge in [-0.05, 0) is 61.2 Å². The molecule has 5 rings (SSSR count). The van der Waals surface area contributed by atoms with Crippen LogP contribution in [0.3, 0.4) is 0 Å². The highest BCUT2D eigenvalue weighted by molar-refractivity contribution is 6.46. The molecule has 3 aromatic rings. The Balaban J connectivity index is 1.46. The van der Waals surface area contributed by atoms with Crippen molar-refractivity contribution < 1.29 is 24.2 Å². The van der Waals surface area contributed by atoms with Crippen molar-refractivity contribution in [2.24, 2.45) is 0 Å². The summed E-state index contributed by atoms with van der Waals surface area (Å²) in [5.41, 5.74) is 2.33. The third-order valence-electron chi connectivity index (χ3n) is 7.30. The maximum Gasteiger partial charge on any atom is 0.295 e. The fourth-order valence-corrected chi connectivity index (χ4v) is 5.31. The predicted molar refractivity (Wildman–Crippen MR) is 148 cm³/mol. The van der Waals surface area contributed by atoms with Gasteiger partial charge in [0.05, 0.1) is 24.5 Å². The summed E-state index contributed by atoms with van der Waals surface area (Å²) in [6, 6.07) is 12.2. The number of aromatic nitrogens is 2. The largest absolute Gasteiger partial charge is 0.507 e. The van der Waals surface area contributed by atoms with E-state index in [1.165, 1.54) is 0 Å². The van der Waals surface area contributed by atoms with Crippen molar-refractivity contribution in [2.45, 2.75) is 64.6 Å². The number of nitrogens with zero attached hydrogens (tertiary/aromatic N) is 3. The molecule has 8 nitrogen and oxygen atoms in total. The maximum absolute atomic E-state index is 13.4. The molecule has 0 saturated carbocycles. The van der Waals surface area contributed by atoms with Crippen LogP contribution in [0.5, 0.6) is 11.5 Å². The minimum absolute atomic E-state index is 0.0566. The summed E-state index contributed by atoms with van der Waals surface area (Å²) in [5.74, 6) is 0.0674. The maximum atomic E-state index is 13.4. The van der Waals surface area contributed by atoms with Gasteiger partial charge in [0, 0.05) is 37.5 Å². The number of imidazole rings is 1. The lowest BCUT2D eigenvalue weighted by atomic mass is 9.94. The summed E-state index contributed by atoms with van der Waals surface area (Å²) in [6.45, 7) is 5.79. The van der Waals surface area contributed by atoms with Crippen molar-refractivity contribution in [1.29, 1.82) is 0 Å². The number of likely N-dealkylation sites (tertiary alicyclic amines) is 1. The minimum Gasteiger partial charge on any atom is -0.507 e. The highest BCUT2D eigenvalue weighted by Crippen LogP contribution is 2.41. The summed E-state index contributed by atoms with van der Waals surface area (Å²) >= 11 is 0. The number of ether oxygens (including phenoxy) is 2. The van der Waals surface area contributed by atoms with E-state index in [-0.39, 0.29) is 17.4 Å². The molecule has 39 heavy (non-hydrogen) atoms. The van der Waals surface area contributed by atoms with Crippen molar-refractivity contribution in [3.63, 3.8) is 0 Å². The van der Waals surface area contributed by atoms with Gasteiger partial charge in [0.1, 0.15) is 23.4 Å². The number of fused-ring (bicyclic) bond motifs is 1. The molecule has 0 radical (unpaired) electrons. The average Bonchev–Trinajstić information content (AvgIpc) is 3.65. The van der Waals surface area contributed by atoms with Gasteiger partial charge in [0.25, 0.3) is 11.7 Å². The number of aryl methyl sites for hydroxylation is 1. The lowest BCUT2D eigenvalue weighted by molar-refractivity contribution is -0.139. The predicted octanol–water partition coefficient (Wildman–Crippen LogP) is 5.29. The Hall–Kier alpha value is -4.07. The molecule has 1 amide bonds. The van der Waals surface area contributed by atoms with Crippen LogP contribution in [0.1, 0.15) is 62.3 Å². The van der Waals surface area contributed by atoms with E-state index in [1.807, 2.05) is 54.1 Å². The lowest BCUT2D eigenvalue weighted by Gasteiger charge is -2.25. The number of rotatable bonds is 11. The Labute approximate surface area is 228 Å². The molecule has 8 heteroatoms. The Kier molecular flexibility index (Phi) is 8.00. The van der Waals surface area contributed by atoms with Crippen LogP contribution in [0.4, 0.5) is 0 Å². The molecule has 0 unspecified atom stereocenters. The Morgan fingerprint density at radius 3 is 2.67 bits per heavy atom. The van der Waals surface area contributed by atoms with E-state index >= 15 is 0 Å². The van der Waals surface area contributed by atoms with Crippen LogP contribution in [-0.2, 0) is 22.6 Å². The van der Waals surface area contributed by atoms with Gasteiger partial charge in [-0.15, -0.1) is 0 Å². The number of Topliss-reactive ketones (excluding diaryl/α,β-unsaturated/α-hetero) is 1. The van der Waals surface area contributed by atoms with Crippen molar-refractivity contribution >= 4 is 17.4 Å². The number of benzene rings is 2. The molecular weight excluding hydrogens is 494 g/mol. The Bertz CT molecular complexity index is 1350. The molecule has 1 fully saturated rings. The Morgan fingerprint density at radius 2 is 1.92 bits per heavy atom. The van der Waals surface area contributed by atoms with E-state index in [0.29, 0.717) is 31.7 Å². The molecule has 2 atom stereocenters. The lowest BCUT2D eigenvalue weighted by Crippen LogP contribution is -2.31. The van der Waals surface area contributed by atoms with Crippen LogP contribution in [0.15, 0.2) is 66.8 Å². The van der Waals surface area contributed by atoms with Gasteiger partial charge in [-0.3, -0.25) is 9.59 Å². The number of amides is 1. The molecule has 0 aliphatic carbocycles. The first-order chi connectivity index (χ1) is 19.0. The summed E-state index contributed by atoms with van der Waals surface area (Å²) in [7, 11) is 0. The number of unbranched alkanes of at least 4 members (excludes halogenated alkanes) is 2. The normalized spacial score (nSPS) is 19.8. The van der Waals surface area contributed by atoms with Crippen molar-refractivity contribution in [3.8, 4) is 11.5 Å². The first-order valence-corrected chi connectivity index (χ1v) is 13.7. The summed E-state index contributed by atoms with van der Waals surface area (Å²) in [4.78, 5) is 32.3. The fraction of sp³-hybridized carbons (Fsp3) is 0.387. The minimum atomic E-state index is -0.703. The van der Waals surface area contributed by atoms with E-state index in [4.69, 9.17) is 9.47 Å². The van der Waals surface area contributed by atoms with Crippen molar-refractivity contribution in [2.75, 3.05) is 13.2 Å². The zero-order valence-electron chi connectivity index (χ0n) is 22.5. The van der Waals surface area contributed by atoms with Gasteiger partial charge >= 0.3 is 0 Å². The number of carbonyl (C=O) groups is 2. The molecule has 2 aliphatic heterocycles. The molecule has 204 valence electrons. The first kappa shape index (κ1) is 26.5. The molecule has 1 saturated heterocycles. The first-order valence-electron chi connectivity index (χ1n) is 13.7. The molecule has 1 aromatic heterocycles. The number of ketones is 1. The summed E-state index contributed by atoms with van der Waals surface area (Å²) < 4.78 is 13.6. The van der Waals surface area contributed by atoms with Crippen LogP contribution >= 0.6 is 0 Å². The molecule has 1 N–H and O–H groups in total. The van der Waals surface area contributed by atoms with E-state index in [2.05, 4.69) is 11.9 Å². The zero-order valence-corrected chi connectivity index (χ0v) is 22.5. The number of hydrogen-bond donors (Lipinski definition) is 1. The third kappa shape index (κ3) is 5.70. The van der Waals surface area contributed by atoms with E-state index in [1.54, 1.807) is 23.5 Å².